The molecule has 18 bridgehead atoms. The third-order valence-electron chi connectivity index (χ3n) is 28.3. The van der Waals surface area contributed by atoms with Gasteiger partial charge in [0.2, 0.25) is 0 Å². The lowest BCUT2D eigenvalue weighted by Crippen LogP contribution is -2.59. The second-order valence-corrected chi connectivity index (χ2v) is 35.7. The topological polar surface area (TPSA) is 203 Å². The summed E-state index contributed by atoms with van der Waals surface area (Å²) in [5, 5.41) is 0. The second-order valence-electron chi connectivity index (χ2n) is 35.7. The standard InChI is InChI=1S/C26H40O5.C25H36O6.C25H38O5/c1-4-25(2,3)24(28)31-22-10-19-8-20(22)9-21(19)23(27)30-15-29-14-26-11-16-5-17(12-26)7-18(6-16)13-26;1-4-24(2,3)23(28)31-20-10-16-8-17(20)9-19(16)22(27)29-13-30-25-11-14-5-15(12-25)7-18(6-14)21(25)26;1-4-25(2,3)24(27)30-21-12-16-10-17(21)11-20(16)23(26)29-13-28-22-18-6-14-5-15(8-18)9-19(22)7-14/h16-22H,4-15H2,1-3H3;14-20H,4-13H2,1-3H3;14-22H,4-13H2,1-3H3. The van der Waals surface area contributed by atoms with Crippen LogP contribution in [0, 0.1) is 134 Å². The quantitative estimate of drug-likeness (QED) is 0.0428. The Morgan fingerprint density at radius 1 is 0.391 bits per heavy atom. The first-order chi connectivity index (χ1) is 43.8. The molecule has 14 atom stereocenters. The van der Waals surface area contributed by atoms with Crippen LogP contribution in [0.15, 0.2) is 0 Å². The minimum atomic E-state index is -0.699. The van der Waals surface area contributed by atoms with Crippen LogP contribution in [0.5, 0.6) is 0 Å². The van der Waals surface area contributed by atoms with Crippen LogP contribution in [0.1, 0.15) is 242 Å². The van der Waals surface area contributed by atoms with Gasteiger partial charge in [-0.2, -0.15) is 0 Å². The number of fused-ring (bicyclic) bond motifs is 6. The summed E-state index contributed by atoms with van der Waals surface area (Å²) in [6, 6.07) is 0. The molecule has 18 saturated carbocycles. The predicted molar refractivity (Wildman–Crippen MR) is 339 cm³/mol. The van der Waals surface area contributed by atoms with Gasteiger partial charge in [0, 0.05) is 5.92 Å². The van der Waals surface area contributed by atoms with Crippen molar-refractivity contribution in [2.24, 2.45) is 134 Å². The molecule has 0 aromatic heterocycles. The van der Waals surface area contributed by atoms with Crippen LogP contribution in [0.25, 0.3) is 0 Å². The Balaban J connectivity index is 0.000000126. The normalized spacial score (nSPS) is 43.1. The van der Waals surface area contributed by atoms with Gasteiger partial charge in [-0.3, -0.25) is 33.6 Å². The Morgan fingerprint density at radius 3 is 1.12 bits per heavy atom. The monoisotopic (exact) mass is 1280 g/mol. The number of Topliss-reactive ketones (excluding diaryl/α,β-unsaturated/α-hetero) is 1. The fourth-order valence-electron chi connectivity index (χ4n) is 22.8. The highest BCUT2D eigenvalue weighted by Crippen LogP contribution is 2.61. The molecule has 16 heteroatoms. The molecule has 0 radical (unpaired) electrons. The summed E-state index contributed by atoms with van der Waals surface area (Å²) in [4.78, 5) is 88.2. The molecule has 92 heavy (non-hydrogen) atoms. The summed E-state index contributed by atoms with van der Waals surface area (Å²) in [5.41, 5.74) is -1.68. The first-order valence-corrected chi connectivity index (χ1v) is 37.3. The van der Waals surface area contributed by atoms with E-state index in [-0.39, 0.29) is 128 Å². The summed E-state index contributed by atoms with van der Waals surface area (Å²) in [7, 11) is 0. The maximum Gasteiger partial charge on any atom is 0.311 e. The van der Waals surface area contributed by atoms with E-state index in [1.807, 2.05) is 62.3 Å². The van der Waals surface area contributed by atoms with Crippen LogP contribution in [-0.4, -0.2) is 98.6 Å². The highest BCUT2D eigenvalue weighted by Gasteiger charge is 2.60. The highest BCUT2D eigenvalue weighted by molar-refractivity contribution is 5.91. The fourth-order valence-corrected chi connectivity index (χ4v) is 22.8. The minimum absolute atomic E-state index is 0.0262. The molecule has 0 N–H and O–H groups in total. The Kier molecular flexibility index (Phi) is 19.2. The Labute approximate surface area is 548 Å². The van der Waals surface area contributed by atoms with E-state index < -0.39 is 21.8 Å². The molecule has 0 aromatic carbocycles. The predicted octanol–water partition coefficient (Wildman–Crippen LogP) is 13.9. The van der Waals surface area contributed by atoms with E-state index in [0.29, 0.717) is 53.4 Å². The highest BCUT2D eigenvalue weighted by atomic mass is 16.7. The molecule has 0 aliphatic heterocycles. The molecule has 18 aliphatic carbocycles. The maximum absolute atomic E-state index is 12.8. The zero-order valence-electron chi connectivity index (χ0n) is 57.4. The number of hydrogen-bond donors (Lipinski definition) is 0. The minimum Gasteiger partial charge on any atom is -0.462 e. The van der Waals surface area contributed by atoms with E-state index in [1.54, 1.807) is 0 Å². The number of rotatable bonds is 22. The van der Waals surface area contributed by atoms with Crippen molar-refractivity contribution < 1.29 is 76.2 Å². The van der Waals surface area contributed by atoms with E-state index in [1.165, 1.54) is 77.0 Å². The maximum atomic E-state index is 12.8. The largest absolute Gasteiger partial charge is 0.462 e. The summed E-state index contributed by atoms with van der Waals surface area (Å²) >= 11 is 0. The molecular weight excluding hydrogens is 1170 g/mol. The fraction of sp³-hybridized carbons (Fsp3) is 0.908. The zero-order chi connectivity index (χ0) is 64.8. The van der Waals surface area contributed by atoms with Gasteiger partial charge in [0.1, 0.15) is 23.9 Å². The van der Waals surface area contributed by atoms with Crippen molar-refractivity contribution in [3.05, 3.63) is 0 Å². The van der Waals surface area contributed by atoms with Gasteiger partial charge in [-0.1, -0.05) is 20.8 Å². The summed E-state index contributed by atoms with van der Waals surface area (Å²) in [6.07, 6.45) is 29.7. The van der Waals surface area contributed by atoms with E-state index >= 15 is 0 Å². The van der Waals surface area contributed by atoms with Crippen LogP contribution in [0.4, 0.5) is 0 Å². The van der Waals surface area contributed by atoms with Crippen LogP contribution < -0.4 is 0 Å². The summed E-state index contributed by atoms with van der Waals surface area (Å²) in [5.74, 6) is 8.12. The lowest BCUT2D eigenvalue weighted by atomic mass is 9.50. The third-order valence-corrected chi connectivity index (χ3v) is 28.3. The first kappa shape index (κ1) is 67.0. The number of ether oxygens (including phenoxy) is 9. The van der Waals surface area contributed by atoms with Crippen molar-refractivity contribution in [1.29, 1.82) is 0 Å². The van der Waals surface area contributed by atoms with Gasteiger partial charge < -0.3 is 42.6 Å². The van der Waals surface area contributed by atoms with Crippen molar-refractivity contribution >= 4 is 41.6 Å². The lowest BCUT2D eigenvalue weighted by Gasteiger charge is -2.56. The number of ketones is 1. The molecule has 16 nitrogen and oxygen atoms in total. The van der Waals surface area contributed by atoms with Gasteiger partial charge in [0.15, 0.2) is 26.2 Å². The van der Waals surface area contributed by atoms with Gasteiger partial charge in [-0.25, -0.2) is 0 Å². The molecule has 514 valence electrons. The molecule has 0 amide bonds. The van der Waals surface area contributed by atoms with Crippen LogP contribution >= 0.6 is 0 Å². The Morgan fingerprint density at radius 2 is 0.750 bits per heavy atom. The van der Waals surface area contributed by atoms with E-state index in [4.69, 9.17) is 42.6 Å². The molecule has 0 spiro atoms. The molecule has 18 aliphatic rings. The van der Waals surface area contributed by atoms with Gasteiger partial charge >= 0.3 is 35.8 Å². The van der Waals surface area contributed by atoms with Crippen LogP contribution in [0.3, 0.4) is 0 Å². The molecule has 14 unspecified atom stereocenters. The average molecular weight is 1280 g/mol. The molecule has 0 heterocycles. The average Bonchev–Trinajstić information content (AvgIpc) is 1.43. The third kappa shape index (κ3) is 13.6. The van der Waals surface area contributed by atoms with Gasteiger partial charge in [-0.15, -0.1) is 0 Å². The van der Waals surface area contributed by atoms with Gasteiger partial charge in [0.05, 0.1) is 46.7 Å². The van der Waals surface area contributed by atoms with E-state index in [2.05, 4.69) is 0 Å². The van der Waals surface area contributed by atoms with Crippen LogP contribution in [0.2, 0.25) is 0 Å². The SMILES string of the molecule is CCC(C)(C)C(=O)OC1CC2CC1CC2C(=O)OCOC12CC3CC(CC(C3)C1=O)C2.CCC(C)(C)C(=O)OC1CC2CC1CC2C(=O)OCOC1C2CC3CC(C2)CC1C3.CCC(C)(C)C(=O)OC1CC2CC1CC2C(=O)OCOCC12CC3CC(CC(C3)C1)C2. The first-order valence-electron chi connectivity index (χ1n) is 37.3. The second kappa shape index (κ2) is 26.3. The van der Waals surface area contributed by atoms with E-state index in [9.17, 15) is 33.6 Å². The smallest absolute Gasteiger partial charge is 0.311 e. The van der Waals surface area contributed by atoms with Crippen molar-refractivity contribution in [3.63, 3.8) is 0 Å². The van der Waals surface area contributed by atoms with Crippen molar-refractivity contribution in [3.8, 4) is 0 Å². The molecule has 0 saturated heterocycles. The van der Waals surface area contributed by atoms with E-state index in [0.717, 1.165) is 133 Å². The van der Waals surface area contributed by atoms with Gasteiger partial charge in [-0.05, 0) is 316 Å². The number of carbonyl (C=O) groups excluding carboxylic acids is 7. The summed E-state index contributed by atoms with van der Waals surface area (Å²) < 4.78 is 52.3. The van der Waals surface area contributed by atoms with Gasteiger partial charge in [0.25, 0.3) is 0 Å². The Bertz CT molecular complexity index is 2670. The van der Waals surface area contributed by atoms with Crippen LogP contribution in [-0.2, 0) is 76.2 Å². The van der Waals surface area contributed by atoms with Crippen molar-refractivity contribution in [2.45, 2.75) is 272 Å². The molecule has 0 aromatic rings. The zero-order valence-corrected chi connectivity index (χ0v) is 57.4. The molecular formula is C76H114O16. The number of hydrogen-bond acceptors (Lipinski definition) is 16. The lowest BCUT2D eigenvalue weighted by molar-refractivity contribution is -0.210. The number of carbonyl (C=O) groups is 7. The number of esters is 6. The molecule has 18 fully saturated rings. The summed E-state index contributed by atoms with van der Waals surface area (Å²) in [6.45, 7) is 18.4. The van der Waals surface area contributed by atoms with Crippen molar-refractivity contribution in [1.82, 2.24) is 0 Å². The Hall–Kier alpha value is -3.63. The molecule has 18 rings (SSSR count). The van der Waals surface area contributed by atoms with Crippen molar-refractivity contribution in [2.75, 3.05) is 27.0 Å².